The first kappa shape index (κ1) is 18.7. The predicted molar refractivity (Wildman–Crippen MR) is 97.2 cm³/mol. The molecule has 4 bridgehead atoms. The first-order chi connectivity index (χ1) is 12.8. The van der Waals surface area contributed by atoms with Crippen LogP contribution in [0.4, 0.5) is 0 Å². The molecule has 6 heteroatoms. The summed E-state index contributed by atoms with van der Waals surface area (Å²) in [5.74, 6) is 0.0385. The SMILES string of the molecule is C[C@H](OC(=O)C12C[C@H]3C[C@@H](CC(O)(C3)C1)C2)C(=O)NC1(C#N)CCCCC1. The summed E-state index contributed by atoms with van der Waals surface area (Å²) in [6.45, 7) is 1.58. The van der Waals surface area contributed by atoms with E-state index < -0.39 is 28.6 Å². The smallest absolute Gasteiger partial charge is 0.312 e. The van der Waals surface area contributed by atoms with Gasteiger partial charge < -0.3 is 15.2 Å². The van der Waals surface area contributed by atoms with Gasteiger partial charge in [-0.1, -0.05) is 19.3 Å². The van der Waals surface area contributed by atoms with Gasteiger partial charge in [0, 0.05) is 0 Å². The molecule has 0 heterocycles. The van der Waals surface area contributed by atoms with E-state index in [0.29, 0.717) is 31.1 Å². The van der Waals surface area contributed by atoms with Gasteiger partial charge in [-0.3, -0.25) is 9.59 Å². The Bertz CT molecular complexity index is 662. The molecule has 148 valence electrons. The number of nitrogens with one attached hydrogen (secondary N) is 1. The Kier molecular flexibility index (Phi) is 4.50. The number of carbonyl (C=O) groups is 2. The van der Waals surface area contributed by atoms with E-state index in [1.165, 1.54) is 0 Å². The first-order valence-corrected chi connectivity index (χ1v) is 10.4. The zero-order valence-electron chi connectivity index (χ0n) is 16.1. The molecule has 5 aliphatic carbocycles. The Morgan fingerprint density at radius 2 is 1.78 bits per heavy atom. The largest absolute Gasteiger partial charge is 0.452 e. The third kappa shape index (κ3) is 3.35. The lowest BCUT2D eigenvalue weighted by Gasteiger charge is -2.58. The molecule has 0 aliphatic heterocycles. The molecule has 5 fully saturated rings. The molecule has 0 unspecified atom stereocenters. The number of nitrogens with zero attached hydrogens (tertiary/aromatic N) is 1. The van der Waals surface area contributed by atoms with E-state index in [2.05, 4.69) is 11.4 Å². The summed E-state index contributed by atoms with van der Waals surface area (Å²) in [6.07, 6.45) is 7.97. The molecule has 5 aliphatic rings. The van der Waals surface area contributed by atoms with Crippen LogP contribution in [0.25, 0.3) is 0 Å². The number of aliphatic hydroxyl groups is 1. The number of ether oxygens (including phenoxy) is 1. The van der Waals surface area contributed by atoms with Crippen LogP contribution in [0.2, 0.25) is 0 Å². The highest BCUT2D eigenvalue weighted by Crippen LogP contribution is 2.62. The van der Waals surface area contributed by atoms with Crippen LogP contribution in [0.3, 0.4) is 0 Å². The van der Waals surface area contributed by atoms with E-state index in [1.54, 1.807) is 6.92 Å². The van der Waals surface area contributed by atoms with Crippen molar-refractivity contribution >= 4 is 11.9 Å². The summed E-state index contributed by atoms with van der Waals surface area (Å²) in [4.78, 5) is 25.6. The van der Waals surface area contributed by atoms with Crippen molar-refractivity contribution in [2.45, 2.75) is 94.8 Å². The van der Waals surface area contributed by atoms with Gasteiger partial charge in [0.25, 0.3) is 5.91 Å². The van der Waals surface area contributed by atoms with E-state index in [4.69, 9.17) is 4.74 Å². The summed E-state index contributed by atoms with van der Waals surface area (Å²) in [7, 11) is 0. The lowest BCUT2D eigenvalue weighted by atomic mass is 9.48. The number of carbonyl (C=O) groups excluding carboxylic acids is 2. The van der Waals surface area contributed by atoms with E-state index >= 15 is 0 Å². The van der Waals surface area contributed by atoms with Crippen LogP contribution in [0, 0.1) is 28.6 Å². The maximum absolute atomic E-state index is 13.0. The van der Waals surface area contributed by atoms with Gasteiger partial charge in [0.05, 0.1) is 17.1 Å². The number of hydrogen-bond donors (Lipinski definition) is 2. The molecule has 0 saturated heterocycles. The van der Waals surface area contributed by atoms with Crippen molar-refractivity contribution in [1.29, 1.82) is 5.26 Å². The number of esters is 1. The molecule has 6 nitrogen and oxygen atoms in total. The highest BCUT2D eigenvalue weighted by atomic mass is 16.5. The van der Waals surface area contributed by atoms with Crippen LogP contribution in [-0.4, -0.2) is 34.2 Å². The molecule has 1 amide bonds. The molecule has 0 radical (unpaired) electrons. The minimum absolute atomic E-state index is 0.340. The third-order valence-electron chi connectivity index (χ3n) is 7.40. The Morgan fingerprint density at radius 3 is 2.33 bits per heavy atom. The molecule has 0 spiro atoms. The van der Waals surface area contributed by atoms with Crippen molar-refractivity contribution in [3.05, 3.63) is 0 Å². The molecule has 5 saturated carbocycles. The lowest BCUT2D eigenvalue weighted by molar-refractivity contribution is -0.200. The lowest BCUT2D eigenvalue weighted by Crippen LogP contribution is -2.59. The minimum atomic E-state index is -0.924. The summed E-state index contributed by atoms with van der Waals surface area (Å²) in [5.41, 5.74) is -2.20. The Balaban J connectivity index is 1.41. The Hall–Kier alpha value is -1.61. The minimum Gasteiger partial charge on any atom is -0.452 e. The monoisotopic (exact) mass is 374 g/mol. The van der Waals surface area contributed by atoms with Crippen LogP contribution in [0.15, 0.2) is 0 Å². The van der Waals surface area contributed by atoms with E-state index in [-0.39, 0.29) is 5.97 Å². The Morgan fingerprint density at radius 1 is 1.15 bits per heavy atom. The second kappa shape index (κ2) is 6.48. The molecule has 0 aromatic rings. The number of rotatable bonds is 4. The molecule has 2 N–H and O–H groups in total. The second-order valence-corrected chi connectivity index (χ2v) is 9.76. The predicted octanol–water partition coefficient (Wildman–Crippen LogP) is 2.59. The molecule has 0 aromatic carbocycles. The zero-order chi connectivity index (χ0) is 19.3. The highest BCUT2D eigenvalue weighted by molar-refractivity contribution is 5.86. The quantitative estimate of drug-likeness (QED) is 0.737. The van der Waals surface area contributed by atoms with Gasteiger partial charge in [-0.05, 0) is 70.1 Å². The molecular formula is C21H30N2O4. The van der Waals surface area contributed by atoms with Gasteiger partial charge in [0.15, 0.2) is 6.10 Å². The van der Waals surface area contributed by atoms with Gasteiger partial charge in [-0.25, -0.2) is 0 Å². The van der Waals surface area contributed by atoms with E-state index in [0.717, 1.165) is 51.4 Å². The Labute approximate surface area is 160 Å². The normalized spacial score (nSPS) is 40.0. The summed E-state index contributed by atoms with van der Waals surface area (Å²) >= 11 is 0. The molecular weight excluding hydrogens is 344 g/mol. The first-order valence-electron chi connectivity index (χ1n) is 10.4. The average Bonchev–Trinajstić information content (AvgIpc) is 2.60. The topological polar surface area (TPSA) is 99.4 Å². The maximum atomic E-state index is 13.0. The fraction of sp³-hybridized carbons (Fsp3) is 0.857. The van der Waals surface area contributed by atoms with Gasteiger partial charge >= 0.3 is 5.97 Å². The highest BCUT2D eigenvalue weighted by Gasteiger charge is 2.61. The third-order valence-corrected chi connectivity index (χ3v) is 7.40. The van der Waals surface area contributed by atoms with Crippen molar-refractivity contribution < 1.29 is 19.4 Å². The number of amides is 1. The van der Waals surface area contributed by atoms with Crippen LogP contribution < -0.4 is 5.32 Å². The summed E-state index contributed by atoms with van der Waals surface area (Å²) in [6, 6.07) is 2.26. The van der Waals surface area contributed by atoms with E-state index in [1.807, 2.05) is 0 Å². The zero-order valence-corrected chi connectivity index (χ0v) is 16.1. The molecule has 0 aromatic heterocycles. The van der Waals surface area contributed by atoms with Crippen LogP contribution in [-0.2, 0) is 14.3 Å². The average molecular weight is 374 g/mol. The van der Waals surface area contributed by atoms with Gasteiger partial charge in [-0.15, -0.1) is 0 Å². The van der Waals surface area contributed by atoms with Crippen molar-refractivity contribution in [2.75, 3.05) is 0 Å². The molecule has 3 atom stereocenters. The van der Waals surface area contributed by atoms with Crippen molar-refractivity contribution in [1.82, 2.24) is 5.32 Å². The van der Waals surface area contributed by atoms with Crippen LogP contribution in [0.5, 0.6) is 0 Å². The second-order valence-electron chi connectivity index (χ2n) is 9.76. The number of nitriles is 1. The van der Waals surface area contributed by atoms with Crippen LogP contribution in [0.1, 0.15) is 77.6 Å². The van der Waals surface area contributed by atoms with Crippen molar-refractivity contribution in [3.63, 3.8) is 0 Å². The summed E-state index contributed by atoms with van der Waals surface area (Å²) in [5, 5.41) is 23.2. The van der Waals surface area contributed by atoms with Crippen LogP contribution >= 0.6 is 0 Å². The molecule has 27 heavy (non-hydrogen) atoms. The van der Waals surface area contributed by atoms with Gasteiger partial charge in [-0.2, -0.15) is 5.26 Å². The summed E-state index contributed by atoms with van der Waals surface area (Å²) < 4.78 is 5.60. The van der Waals surface area contributed by atoms with E-state index in [9.17, 15) is 20.0 Å². The van der Waals surface area contributed by atoms with Crippen molar-refractivity contribution in [3.8, 4) is 6.07 Å². The van der Waals surface area contributed by atoms with Gasteiger partial charge in [0.2, 0.25) is 0 Å². The standard InChI is InChI=1S/C21H30N2O4/c1-14(17(24)23-20(13-22)5-3-2-4-6-20)27-18(25)19-8-15-7-16(9-19)11-21(26,10-15)12-19/h14-16,26H,2-12H2,1H3,(H,23,24)/t14-,15+,16+,19?,21?/m0/s1. The fourth-order valence-electron chi connectivity index (χ4n) is 6.55. The fourth-order valence-corrected chi connectivity index (χ4v) is 6.55. The number of hydrogen-bond acceptors (Lipinski definition) is 5. The molecule has 5 rings (SSSR count). The van der Waals surface area contributed by atoms with Gasteiger partial charge in [0.1, 0.15) is 5.54 Å². The maximum Gasteiger partial charge on any atom is 0.312 e. The van der Waals surface area contributed by atoms with Crippen molar-refractivity contribution in [2.24, 2.45) is 17.3 Å².